The molecule has 0 bridgehead atoms. The maximum atomic E-state index is 12.0. The molecule has 0 saturated heterocycles. The van der Waals surface area contributed by atoms with Crippen LogP contribution in [0.3, 0.4) is 0 Å². The topological polar surface area (TPSA) is 64.3 Å². The third-order valence-electron chi connectivity index (χ3n) is 2.97. The maximum absolute atomic E-state index is 12.0. The molecule has 0 aliphatic carbocycles. The molecule has 0 atom stereocenters. The van der Waals surface area contributed by atoms with Crippen LogP contribution >= 0.6 is 0 Å². The van der Waals surface area contributed by atoms with Crippen LogP contribution in [0.15, 0.2) is 48.5 Å². The Hall–Kier alpha value is -2.33. The molecule has 1 amide bonds. The predicted octanol–water partition coefficient (Wildman–Crippen LogP) is 2.34. The molecule has 0 unspecified atom stereocenters. The number of hydrogen-bond acceptors (Lipinski definition) is 3. The summed E-state index contributed by atoms with van der Waals surface area (Å²) in [6.07, 6.45) is 0.315. The summed E-state index contributed by atoms with van der Waals surface area (Å²) >= 11 is 0. The molecule has 0 aromatic heterocycles. The van der Waals surface area contributed by atoms with Crippen LogP contribution < -0.4 is 15.8 Å². The number of rotatable bonds is 5. The first-order valence-electron chi connectivity index (χ1n) is 6.43. The first-order valence-corrected chi connectivity index (χ1v) is 6.43. The molecular formula is C16H18N2O2. The number of benzene rings is 2. The van der Waals surface area contributed by atoms with E-state index in [1.165, 1.54) is 0 Å². The number of anilines is 1. The van der Waals surface area contributed by atoms with Gasteiger partial charge in [0.05, 0.1) is 13.5 Å². The van der Waals surface area contributed by atoms with E-state index in [0.29, 0.717) is 13.0 Å². The molecule has 0 heterocycles. The van der Waals surface area contributed by atoms with Crippen LogP contribution in [-0.4, -0.2) is 13.0 Å². The molecule has 0 spiro atoms. The Morgan fingerprint density at radius 2 is 1.90 bits per heavy atom. The summed E-state index contributed by atoms with van der Waals surface area (Å²) in [6.45, 7) is 0.498. The zero-order chi connectivity index (χ0) is 14.4. The monoisotopic (exact) mass is 270 g/mol. The van der Waals surface area contributed by atoms with Crippen molar-refractivity contribution < 1.29 is 9.53 Å². The zero-order valence-corrected chi connectivity index (χ0v) is 11.4. The number of methoxy groups -OCH3 is 1. The summed E-state index contributed by atoms with van der Waals surface area (Å²) in [5.74, 6) is 0.696. The highest BCUT2D eigenvalue weighted by Gasteiger charge is 2.05. The molecule has 104 valence electrons. The van der Waals surface area contributed by atoms with Crippen molar-refractivity contribution in [1.82, 2.24) is 0 Å². The second-order valence-corrected chi connectivity index (χ2v) is 4.48. The molecule has 0 fully saturated rings. The van der Waals surface area contributed by atoms with Crippen molar-refractivity contribution in [2.75, 3.05) is 12.4 Å². The SMILES string of the molecule is COc1cccc(CC(=O)Nc2ccc(CN)cc2)c1. The van der Waals surface area contributed by atoms with Crippen molar-refractivity contribution in [3.63, 3.8) is 0 Å². The molecule has 0 aliphatic heterocycles. The zero-order valence-electron chi connectivity index (χ0n) is 11.4. The summed E-state index contributed by atoms with van der Waals surface area (Å²) in [5, 5.41) is 2.86. The van der Waals surface area contributed by atoms with Crippen molar-refractivity contribution in [2.45, 2.75) is 13.0 Å². The van der Waals surface area contributed by atoms with E-state index in [4.69, 9.17) is 10.5 Å². The molecule has 4 heteroatoms. The van der Waals surface area contributed by atoms with E-state index < -0.39 is 0 Å². The number of amides is 1. The highest BCUT2D eigenvalue weighted by molar-refractivity contribution is 5.92. The molecule has 2 rings (SSSR count). The molecule has 4 nitrogen and oxygen atoms in total. The van der Waals surface area contributed by atoms with E-state index in [9.17, 15) is 4.79 Å². The minimum absolute atomic E-state index is 0.0567. The summed E-state index contributed by atoms with van der Waals surface area (Å²) < 4.78 is 5.14. The molecule has 20 heavy (non-hydrogen) atoms. The van der Waals surface area contributed by atoms with Gasteiger partial charge in [-0.1, -0.05) is 24.3 Å². The van der Waals surface area contributed by atoms with E-state index in [-0.39, 0.29) is 5.91 Å². The summed E-state index contributed by atoms with van der Waals surface area (Å²) in [4.78, 5) is 12.0. The van der Waals surface area contributed by atoms with Crippen LogP contribution in [0.5, 0.6) is 5.75 Å². The first-order chi connectivity index (χ1) is 9.71. The third-order valence-corrected chi connectivity index (χ3v) is 2.97. The summed E-state index contributed by atoms with van der Waals surface area (Å²) in [6, 6.07) is 15.0. The molecule has 0 saturated carbocycles. The molecule has 0 aliphatic rings. The molecular weight excluding hydrogens is 252 g/mol. The smallest absolute Gasteiger partial charge is 0.228 e. The Morgan fingerprint density at radius 1 is 1.15 bits per heavy atom. The first kappa shape index (κ1) is 14.1. The van der Waals surface area contributed by atoms with Crippen molar-refractivity contribution in [3.8, 4) is 5.75 Å². The average molecular weight is 270 g/mol. The van der Waals surface area contributed by atoms with Crippen molar-refractivity contribution in [1.29, 1.82) is 0 Å². The minimum Gasteiger partial charge on any atom is -0.497 e. The van der Waals surface area contributed by atoms with Gasteiger partial charge in [-0.3, -0.25) is 4.79 Å². The number of carbonyl (C=O) groups is 1. The summed E-state index contributed by atoms with van der Waals surface area (Å²) in [7, 11) is 1.61. The van der Waals surface area contributed by atoms with Gasteiger partial charge in [-0.25, -0.2) is 0 Å². The molecule has 0 radical (unpaired) electrons. The van der Waals surface area contributed by atoms with Gasteiger partial charge in [-0.05, 0) is 35.4 Å². The Kier molecular flexibility index (Phi) is 4.74. The van der Waals surface area contributed by atoms with Gasteiger partial charge in [0.2, 0.25) is 5.91 Å². The lowest BCUT2D eigenvalue weighted by Gasteiger charge is -2.07. The minimum atomic E-state index is -0.0567. The highest BCUT2D eigenvalue weighted by atomic mass is 16.5. The number of carbonyl (C=O) groups excluding carboxylic acids is 1. The second kappa shape index (κ2) is 6.73. The van der Waals surface area contributed by atoms with Crippen LogP contribution in [-0.2, 0) is 17.8 Å². The fraction of sp³-hybridized carbons (Fsp3) is 0.188. The molecule has 3 N–H and O–H groups in total. The van der Waals surface area contributed by atoms with Gasteiger partial charge in [0.1, 0.15) is 5.75 Å². The van der Waals surface area contributed by atoms with Crippen LogP contribution in [0.1, 0.15) is 11.1 Å². The quantitative estimate of drug-likeness (QED) is 0.876. The van der Waals surface area contributed by atoms with Crippen LogP contribution in [0.4, 0.5) is 5.69 Å². The number of hydrogen-bond donors (Lipinski definition) is 2. The fourth-order valence-electron chi connectivity index (χ4n) is 1.90. The Labute approximate surface area is 118 Å². The van der Waals surface area contributed by atoms with E-state index in [2.05, 4.69) is 5.32 Å². The van der Waals surface area contributed by atoms with Gasteiger partial charge in [0.25, 0.3) is 0 Å². The normalized spacial score (nSPS) is 10.1. The lowest BCUT2D eigenvalue weighted by molar-refractivity contribution is -0.115. The van der Waals surface area contributed by atoms with Crippen LogP contribution in [0.25, 0.3) is 0 Å². The van der Waals surface area contributed by atoms with Crippen LogP contribution in [0, 0.1) is 0 Å². The van der Waals surface area contributed by atoms with Gasteiger partial charge >= 0.3 is 0 Å². The Morgan fingerprint density at radius 3 is 2.55 bits per heavy atom. The lowest BCUT2D eigenvalue weighted by Crippen LogP contribution is -2.14. The van der Waals surface area contributed by atoms with E-state index in [0.717, 1.165) is 22.6 Å². The van der Waals surface area contributed by atoms with Crippen LogP contribution in [0.2, 0.25) is 0 Å². The summed E-state index contributed by atoms with van der Waals surface area (Å²) in [5.41, 5.74) is 8.26. The Bertz CT molecular complexity index is 579. The van der Waals surface area contributed by atoms with Gasteiger partial charge in [0, 0.05) is 12.2 Å². The second-order valence-electron chi connectivity index (χ2n) is 4.48. The maximum Gasteiger partial charge on any atom is 0.228 e. The third kappa shape index (κ3) is 3.83. The largest absolute Gasteiger partial charge is 0.497 e. The molecule has 2 aromatic carbocycles. The van der Waals surface area contributed by atoms with Crippen molar-refractivity contribution in [3.05, 3.63) is 59.7 Å². The number of ether oxygens (including phenoxy) is 1. The number of nitrogens with one attached hydrogen (secondary N) is 1. The van der Waals surface area contributed by atoms with Crippen molar-refractivity contribution >= 4 is 11.6 Å². The van der Waals surface area contributed by atoms with Gasteiger partial charge in [-0.2, -0.15) is 0 Å². The lowest BCUT2D eigenvalue weighted by atomic mass is 10.1. The number of nitrogens with two attached hydrogens (primary N) is 1. The Balaban J connectivity index is 1.97. The van der Waals surface area contributed by atoms with Gasteiger partial charge < -0.3 is 15.8 Å². The average Bonchev–Trinajstić information content (AvgIpc) is 2.48. The predicted molar refractivity (Wildman–Crippen MR) is 79.7 cm³/mol. The standard InChI is InChI=1S/C16H18N2O2/c1-20-15-4-2-3-13(9-15)10-16(19)18-14-7-5-12(11-17)6-8-14/h2-9H,10-11,17H2,1H3,(H,18,19). The molecule has 2 aromatic rings. The van der Waals surface area contributed by atoms with Gasteiger partial charge in [0.15, 0.2) is 0 Å². The fourth-order valence-corrected chi connectivity index (χ4v) is 1.90. The highest BCUT2D eigenvalue weighted by Crippen LogP contribution is 2.14. The van der Waals surface area contributed by atoms with E-state index >= 15 is 0 Å². The van der Waals surface area contributed by atoms with E-state index in [1.807, 2.05) is 48.5 Å². The van der Waals surface area contributed by atoms with Gasteiger partial charge in [-0.15, -0.1) is 0 Å². The van der Waals surface area contributed by atoms with E-state index in [1.54, 1.807) is 7.11 Å². The van der Waals surface area contributed by atoms with Crippen molar-refractivity contribution in [2.24, 2.45) is 5.73 Å².